The molecule has 0 aliphatic carbocycles. The van der Waals surface area contributed by atoms with Crippen LogP contribution in [0, 0.1) is 0 Å². The number of hydrogen-bond donors (Lipinski definition) is 0. The van der Waals surface area contributed by atoms with Crippen LogP contribution in [-0.2, 0) is 13.0 Å². The number of aromatic nitrogens is 2. The molecular formula is C15H14N2OS. The van der Waals surface area contributed by atoms with E-state index >= 15 is 0 Å². The molecule has 96 valence electrons. The number of thiophene rings is 1. The topological polar surface area (TPSA) is 34.9 Å². The van der Waals surface area contributed by atoms with Gasteiger partial charge in [-0.1, -0.05) is 31.2 Å². The summed E-state index contributed by atoms with van der Waals surface area (Å²) in [4.78, 5) is 16.6. The van der Waals surface area contributed by atoms with E-state index in [0.29, 0.717) is 6.54 Å². The van der Waals surface area contributed by atoms with Crippen LogP contribution in [0.4, 0.5) is 0 Å². The molecule has 0 amide bonds. The highest BCUT2D eigenvalue weighted by Crippen LogP contribution is 2.14. The van der Waals surface area contributed by atoms with Crippen LogP contribution in [0.5, 0.6) is 0 Å². The Morgan fingerprint density at radius 2 is 1.89 bits per heavy atom. The zero-order valence-electron chi connectivity index (χ0n) is 10.7. The van der Waals surface area contributed by atoms with Crippen LogP contribution in [0.25, 0.3) is 10.2 Å². The van der Waals surface area contributed by atoms with Gasteiger partial charge in [-0.25, -0.2) is 4.98 Å². The van der Waals surface area contributed by atoms with E-state index in [4.69, 9.17) is 0 Å². The maximum atomic E-state index is 12.3. The molecule has 0 fully saturated rings. The molecule has 0 radical (unpaired) electrons. The van der Waals surface area contributed by atoms with E-state index in [9.17, 15) is 4.79 Å². The SMILES string of the molecule is CCc1ccc(Cn2cnc3ccsc3c2=O)cc1. The lowest BCUT2D eigenvalue weighted by Gasteiger charge is -2.06. The van der Waals surface area contributed by atoms with Crippen LogP contribution in [0.2, 0.25) is 0 Å². The Hall–Kier alpha value is -1.94. The van der Waals surface area contributed by atoms with E-state index in [0.717, 1.165) is 22.2 Å². The molecule has 0 atom stereocenters. The number of nitrogens with zero attached hydrogens (tertiary/aromatic N) is 2. The van der Waals surface area contributed by atoms with E-state index in [2.05, 4.69) is 36.2 Å². The first-order valence-corrected chi connectivity index (χ1v) is 7.16. The standard InChI is InChI=1S/C15H14N2OS/c1-2-11-3-5-12(6-4-11)9-17-10-16-13-7-8-19-14(13)15(17)18/h3-8,10H,2,9H2,1H3. The average Bonchev–Trinajstić information content (AvgIpc) is 2.92. The van der Waals surface area contributed by atoms with E-state index in [1.54, 1.807) is 10.9 Å². The molecule has 4 heteroatoms. The minimum absolute atomic E-state index is 0.0413. The van der Waals surface area contributed by atoms with Gasteiger partial charge in [0.15, 0.2) is 0 Å². The molecule has 0 bridgehead atoms. The highest BCUT2D eigenvalue weighted by atomic mass is 32.1. The molecule has 0 saturated heterocycles. The number of hydrogen-bond acceptors (Lipinski definition) is 3. The molecule has 19 heavy (non-hydrogen) atoms. The van der Waals surface area contributed by atoms with Gasteiger partial charge in [0.2, 0.25) is 0 Å². The van der Waals surface area contributed by atoms with Crippen molar-refractivity contribution >= 4 is 21.6 Å². The lowest BCUT2D eigenvalue weighted by Crippen LogP contribution is -2.20. The van der Waals surface area contributed by atoms with Crippen LogP contribution < -0.4 is 5.56 Å². The van der Waals surface area contributed by atoms with Gasteiger partial charge in [-0.3, -0.25) is 9.36 Å². The van der Waals surface area contributed by atoms with Crippen molar-refractivity contribution in [1.82, 2.24) is 9.55 Å². The van der Waals surface area contributed by atoms with Crippen molar-refractivity contribution in [3.63, 3.8) is 0 Å². The van der Waals surface area contributed by atoms with Crippen LogP contribution in [0.3, 0.4) is 0 Å². The second-order valence-electron chi connectivity index (χ2n) is 4.48. The fraction of sp³-hybridized carbons (Fsp3) is 0.200. The van der Waals surface area contributed by atoms with Gasteiger partial charge >= 0.3 is 0 Å². The lowest BCUT2D eigenvalue weighted by molar-refractivity contribution is 0.749. The normalized spacial score (nSPS) is 11.0. The van der Waals surface area contributed by atoms with Crippen molar-refractivity contribution in [1.29, 1.82) is 0 Å². The molecule has 2 aromatic heterocycles. The quantitative estimate of drug-likeness (QED) is 0.733. The summed E-state index contributed by atoms with van der Waals surface area (Å²) in [5, 5.41) is 1.90. The van der Waals surface area contributed by atoms with E-state index in [1.165, 1.54) is 16.9 Å². The van der Waals surface area contributed by atoms with Gasteiger partial charge in [-0.2, -0.15) is 0 Å². The van der Waals surface area contributed by atoms with Crippen LogP contribution in [0.1, 0.15) is 18.1 Å². The molecule has 0 saturated carbocycles. The summed E-state index contributed by atoms with van der Waals surface area (Å²) in [5.41, 5.74) is 3.26. The van der Waals surface area contributed by atoms with Gasteiger partial charge in [0.05, 0.1) is 18.4 Å². The molecule has 0 spiro atoms. The Balaban J connectivity index is 1.95. The van der Waals surface area contributed by atoms with Gasteiger partial charge in [0.25, 0.3) is 5.56 Å². The zero-order valence-corrected chi connectivity index (χ0v) is 11.5. The lowest BCUT2D eigenvalue weighted by atomic mass is 10.1. The summed E-state index contributed by atoms with van der Waals surface area (Å²) >= 11 is 1.45. The molecule has 0 aliphatic rings. The van der Waals surface area contributed by atoms with Gasteiger partial charge in [-0.05, 0) is 29.0 Å². The highest BCUT2D eigenvalue weighted by molar-refractivity contribution is 7.17. The molecule has 2 heterocycles. The zero-order chi connectivity index (χ0) is 13.2. The van der Waals surface area contributed by atoms with Crippen molar-refractivity contribution in [2.45, 2.75) is 19.9 Å². The Labute approximate surface area is 115 Å². The van der Waals surface area contributed by atoms with Gasteiger partial charge < -0.3 is 0 Å². The van der Waals surface area contributed by atoms with Crippen molar-refractivity contribution in [2.75, 3.05) is 0 Å². The van der Waals surface area contributed by atoms with Gasteiger partial charge in [0, 0.05) is 0 Å². The first kappa shape index (κ1) is 12.1. The largest absolute Gasteiger partial charge is 0.294 e. The first-order chi connectivity index (χ1) is 9.28. The smallest absolute Gasteiger partial charge is 0.271 e. The number of fused-ring (bicyclic) bond motifs is 1. The minimum Gasteiger partial charge on any atom is -0.294 e. The second kappa shape index (κ2) is 4.97. The van der Waals surface area contributed by atoms with Crippen LogP contribution >= 0.6 is 11.3 Å². The van der Waals surface area contributed by atoms with Crippen molar-refractivity contribution in [2.24, 2.45) is 0 Å². The third-order valence-corrected chi connectivity index (χ3v) is 4.11. The van der Waals surface area contributed by atoms with Crippen molar-refractivity contribution in [3.8, 4) is 0 Å². The fourth-order valence-electron chi connectivity index (χ4n) is 2.07. The highest BCUT2D eigenvalue weighted by Gasteiger charge is 2.05. The van der Waals surface area contributed by atoms with Crippen molar-refractivity contribution < 1.29 is 0 Å². The molecule has 3 aromatic rings. The predicted octanol–water partition coefficient (Wildman–Crippen LogP) is 3.07. The Bertz CT molecular complexity index is 756. The fourth-order valence-corrected chi connectivity index (χ4v) is 2.86. The predicted molar refractivity (Wildman–Crippen MR) is 78.8 cm³/mol. The molecule has 1 aromatic carbocycles. The summed E-state index contributed by atoms with van der Waals surface area (Å²) in [6.07, 6.45) is 2.66. The number of aryl methyl sites for hydroxylation is 1. The summed E-state index contributed by atoms with van der Waals surface area (Å²) in [6, 6.07) is 10.2. The summed E-state index contributed by atoms with van der Waals surface area (Å²) < 4.78 is 2.40. The molecule has 3 nitrogen and oxygen atoms in total. The van der Waals surface area contributed by atoms with Crippen LogP contribution in [-0.4, -0.2) is 9.55 Å². The number of rotatable bonds is 3. The van der Waals surface area contributed by atoms with Gasteiger partial charge in [0.1, 0.15) is 4.70 Å². The Kier molecular flexibility index (Phi) is 3.17. The molecule has 0 aliphatic heterocycles. The Morgan fingerprint density at radius 1 is 1.16 bits per heavy atom. The van der Waals surface area contributed by atoms with E-state index in [1.807, 2.05) is 11.4 Å². The van der Waals surface area contributed by atoms with Crippen molar-refractivity contribution in [3.05, 3.63) is 63.5 Å². The van der Waals surface area contributed by atoms with Crippen LogP contribution in [0.15, 0.2) is 46.8 Å². The molecule has 3 rings (SSSR count). The third-order valence-electron chi connectivity index (χ3n) is 3.22. The van der Waals surface area contributed by atoms with E-state index < -0.39 is 0 Å². The second-order valence-corrected chi connectivity index (χ2v) is 5.40. The average molecular weight is 270 g/mol. The summed E-state index contributed by atoms with van der Waals surface area (Å²) in [7, 11) is 0. The third kappa shape index (κ3) is 2.31. The summed E-state index contributed by atoms with van der Waals surface area (Å²) in [5.74, 6) is 0. The maximum Gasteiger partial charge on any atom is 0.271 e. The first-order valence-electron chi connectivity index (χ1n) is 6.28. The molecule has 0 unspecified atom stereocenters. The summed E-state index contributed by atoms with van der Waals surface area (Å²) in [6.45, 7) is 2.71. The Morgan fingerprint density at radius 3 is 2.63 bits per heavy atom. The molecular weight excluding hydrogens is 256 g/mol. The van der Waals surface area contributed by atoms with E-state index in [-0.39, 0.29) is 5.56 Å². The minimum atomic E-state index is 0.0413. The maximum absolute atomic E-state index is 12.3. The van der Waals surface area contributed by atoms with Gasteiger partial charge in [-0.15, -0.1) is 11.3 Å². The number of benzene rings is 1. The monoisotopic (exact) mass is 270 g/mol. The molecule has 0 N–H and O–H groups in total.